The Morgan fingerprint density at radius 1 is 1.04 bits per heavy atom. The second kappa shape index (κ2) is 8.52. The van der Waals surface area contributed by atoms with Crippen LogP contribution in [0.4, 0.5) is 4.79 Å². The molecule has 5 nitrogen and oxygen atoms in total. The summed E-state index contributed by atoms with van der Waals surface area (Å²) in [5, 5.41) is 2.90. The molecule has 1 fully saturated rings. The van der Waals surface area contributed by atoms with E-state index in [0.29, 0.717) is 13.1 Å². The molecule has 1 N–H and O–H groups in total. The number of hydrogen-bond acceptors (Lipinski definition) is 3. The summed E-state index contributed by atoms with van der Waals surface area (Å²) in [6.07, 6.45) is 1.06. The van der Waals surface area contributed by atoms with Gasteiger partial charge < -0.3 is 15.0 Å². The van der Waals surface area contributed by atoms with Crippen molar-refractivity contribution in [2.24, 2.45) is 0 Å². The SMILES string of the molecule is Cc1ccccc1C(=O)N1CCC(NC(=O)OCc2ccccc2)CC1. The molecule has 0 atom stereocenters. The largest absolute Gasteiger partial charge is 0.445 e. The van der Waals surface area contributed by atoms with Crippen LogP contribution >= 0.6 is 0 Å². The van der Waals surface area contributed by atoms with Gasteiger partial charge in [0, 0.05) is 24.7 Å². The van der Waals surface area contributed by atoms with Gasteiger partial charge >= 0.3 is 6.09 Å². The van der Waals surface area contributed by atoms with Crippen molar-refractivity contribution >= 4 is 12.0 Å². The fraction of sp³-hybridized carbons (Fsp3) is 0.333. The molecule has 1 aliphatic heterocycles. The minimum absolute atomic E-state index is 0.0409. The van der Waals surface area contributed by atoms with Gasteiger partial charge in [-0.3, -0.25) is 4.79 Å². The van der Waals surface area contributed by atoms with E-state index in [2.05, 4.69) is 5.32 Å². The first-order valence-electron chi connectivity index (χ1n) is 8.95. The highest BCUT2D eigenvalue weighted by Gasteiger charge is 2.25. The van der Waals surface area contributed by atoms with E-state index in [-0.39, 0.29) is 18.6 Å². The van der Waals surface area contributed by atoms with Crippen molar-refractivity contribution in [2.45, 2.75) is 32.4 Å². The lowest BCUT2D eigenvalue weighted by atomic mass is 10.0. The molecular weight excluding hydrogens is 328 g/mol. The van der Waals surface area contributed by atoms with Crippen molar-refractivity contribution in [3.8, 4) is 0 Å². The standard InChI is InChI=1S/C21H24N2O3/c1-16-7-5-6-10-19(16)20(24)23-13-11-18(12-14-23)22-21(25)26-15-17-8-3-2-4-9-17/h2-10,18H,11-15H2,1H3,(H,22,25). The van der Waals surface area contributed by atoms with Gasteiger partial charge in [0.25, 0.3) is 5.91 Å². The Hall–Kier alpha value is -2.82. The van der Waals surface area contributed by atoms with Crippen molar-refractivity contribution in [1.82, 2.24) is 10.2 Å². The first-order chi connectivity index (χ1) is 12.6. The number of benzene rings is 2. The molecule has 136 valence electrons. The molecule has 2 amide bonds. The molecule has 0 unspecified atom stereocenters. The number of amides is 2. The number of hydrogen-bond donors (Lipinski definition) is 1. The summed E-state index contributed by atoms with van der Waals surface area (Å²) < 4.78 is 5.26. The van der Waals surface area contributed by atoms with Crippen molar-refractivity contribution in [2.75, 3.05) is 13.1 Å². The minimum atomic E-state index is -0.405. The second-order valence-corrected chi connectivity index (χ2v) is 6.59. The predicted molar refractivity (Wildman–Crippen MR) is 99.9 cm³/mol. The number of piperidine rings is 1. The summed E-state index contributed by atoms with van der Waals surface area (Å²) in [6.45, 7) is 3.48. The minimum Gasteiger partial charge on any atom is -0.445 e. The summed E-state index contributed by atoms with van der Waals surface area (Å²) in [6, 6.07) is 17.3. The van der Waals surface area contributed by atoms with Gasteiger partial charge in [0.2, 0.25) is 0 Å². The number of ether oxygens (including phenoxy) is 1. The van der Waals surface area contributed by atoms with Crippen LogP contribution < -0.4 is 5.32 Å². The molecule has 3 rings (SSSR count). The number of carbonyl (C=O) groups excluding carboxylic acids is 2. The van der Waals surface area contributed by atoms with E-state index in [9.17, 15) is 9.59 Å². The molecule has 0 bridgehead atoms. The van der Waals surface area contributed by atoms with Crippen LogP contribution in [0.5, 0.6) is 0 Å². The monoisotopic (exact) mass is 352 g/mol. The second-order valence-electron chi connectivity index (χ2n) is 6.59. The average molecular weight is 352 g/mol. The summed E-state index contributed by atoms with van der Waals surface area (Å²) >= 11 is 0. The molecular formula is C21H24N2O3. The predicted octanol–water partition coefficient (Wildman–Crippen LogP) is 3.53. The molecule has 0 spiro atoms. The van der Waals surface area contributed by atoms with Crippen LogP contribution in [0.15, 0.2) is 54.6 Å². The van der Waals surface area contributed by atoms with Gasteiger partial charge in [-0.15, -0.1) is 0 Å². The first kappa shape index (κ1) is 18.0. The number of rotatable bonds is 4. The van der Waals surface area contributed by atoms with Crippen LogP contribution in [0.3, 0.4) is 0 Å². The third-order valence-electron chi connectivity index (χ3n) is 4.69. The number of nitrogens with zero attached hydrogens (tertiary/aromatic N) is 1. The smallest absolute Gasteiger partial charge is 0.407 e. The zero-order valence-corrected chi connectivity index (χ0v) is 15.0. The zero-order valence-electron chi connectivity index (χ0n) is 15.0. The number of aryl methyl sites for hydroxylation is 1. The van der Waals surface area contributed by atoms with Crippen LogP contribution in [0, 0.1) is 6.92 Å². The highest BCUT2D eigenvalue weighted by molar-refractivity contribution is 5.95. The van der Waals surface area contributed by atoms with Gasteiger partial charge in [-0.2, -0.15) is 0 Å². The number of carbonyl (C=O) groups is 2. The van der Waals surface area contributed by atoms with E-state index in [4.69, 9.17) is 4.74 Å². The van der Waals surface area contributed by atoms with Crippen LogP contribution in [-0.2, 0) is 11.3 Å². The van der Waals surface area contributed by atoms with Crippen LogP contribution in [0.1, 0.15) is 34.3 Å². The molecule has 0 radical (unpaired) electrons. The van der Waals surface area contributed by atoms with Crippen LogP contribution in [0.2, 0.25) is 0 Å². The maximum Gasteiger partial charge on any atom is 0.407 e. The van der Waals surface area contributed by atoms with E-state index < -0.39 is 6.09 Å². The molecule has 0 saturated carbocycles. The highest BCUT2D eigenvalue weighted by atomic mass is 16.5. The first-order valence-corrected chi connectivity index (χ1v) is 8.95. The summed E-state index contributed by atoms with van der Waals surface area (Å²) in [5.74, 6) is 0.0632. The van der Waals surface area contributed by atoms with Gasteiger partial charge in [-0.25, -0.2) is 4.79 Å². The van der Waals surface area contributed by atoms with Crippen LogP contribution in [-0.4, -0.2) is 36.0 Å². The quantitative estimate of drug-likeness (QED) is 0.916. The lowest BCUT2D eigenvalue weighted by Crippen LogP contribution is -2.46. The fourth-order valence-corrected chi connectivity index (χ4v) is 3.14. The van der Waals surface area contributed by atoms with Crippen molar-refractivity contribution in [1.29, 1.82) is 0 Å². The normalized spacial score (nSPS) is 14.7. The van der Waals surface area contributed by atoms with Gasteiger partial charge in [-0.05, 0) is 37.0 Å². The fourth-order valence-electron chi connectivity index (χ4n) is 3.14. The molecule has 26 heavy (non-hydrogen) atoms. The molecule has 1 saturated heterocycles. The summed E-state index contributed by atoms with van der Waals surface area (Å²) in [7, 11) is 0. The lowest BCUT2D eigenvalue weighted by Gasteiger charge is -2.32. The summed E-state index contributed by atoms with van der Waals surface area (Å²) in [4.78, 5) is 26.4. The maximum absolute atomic E-state index is 12.6. The van der Waals surface area contributed by atoms with Gasteiger partial charge in [0.15, 0.2) is 0 Å². The molecule has 2 aromatic rings. The van der Waals surface area contributed by atoms with E-state index in [0.717, 1.165) is 29.5 Å². The Labute approximate surface area is 154 Å². The van der Waals surface area contributed by atoms with E-state index in [1.165, 1.54) is 0 Å². The third kappa shape index (κ3) is 4.63. The van der Waals surface area contributed by atoms with Crippen molar-refractivity contribution < 1.29 is 14.3 Å². The topological polar surface area (TPSA) is 58.6 Å². The van der Waals surface area contributed by atoms with E-state index in [1.807, 2.05) is 66.4 Å². The Morgan fingerprint density at radius 2 is 1.69 bits per heavy atom. The number of alkyl carbamates (subject to hydrolysis) is 1. The Bertz CT molecular complexity index is 753. The highest BCUT2D eigenvalue weighted by Crippen LogP contribution is 2.16. The Morgan fingerprint density at radius 3 is 2.38 bits per heavy atom. The lowest BCUT2D eigenvalue weighted by molar-refractivity contribution is 0.0700. The Kier molecular flexibility index (Phi) is 5.89. The molecule has 0 aromatic heterocycles. The molecule has 1 aliphatic rings. The number of likely N-dealkylation sites (tertiary alicyclic amines) is 1. The van der Waals surface area contributed by atoms with Gasteiger partial charge in [-0.1, -0.05) is 48.5 Å². The molecule has 0 aliphatic carbocycles. The van der Waals surface area contributed by atoms with Gasteiger partial charge in [0.05, 0.1) is 0 Å². The zero-order chi connectivity index (χ0) is 18.4. The maximum atomic E-state index is 12.6. The molecule has 5 heteroatoms. The van der Waals surface area contributed by atoms with Gasteiger partial charge in [0.1, 0.15) is 6.61 Å². The molecule has 2 aromatic carbocycles. The van der Waals surface area contributed by atoms with Crippen LogP contribution in [0.25, 0.3) is 0 Å². The summed E-state index contributed by atoms with van der Waals surface area (Å²) in [5.41, 5.74) is 2.70. The third-order valence-corrected chi connectivity index (χ3v) is 4.69. The van der Waals surface area contributed by atoms with E-state index >= 15 is 0 Å². The average Bonchev–Trinajstić information content (AvgIpc) is 2.68. The Balaban J connectivity index is 1.44. The van der Waals surface area contributed by atoms with Crippen molar-refractivity contribution in [3.63, 3.8) is 0 Å². The molecule has 1 heterocycles. The van der Waals surface area contributed by atoms with E-state index in [1.54, 1.807) is 0 Å². The number of nitrogens with one attached hydrogen (secondary N) is 1. The van der Waals surface area contributed by atoms with Crippen molar-refractivity contribution in [3.05, 3.63) is 71.3 Å².